The second kappa shape index (κ2) is 8.08. The quantitative estimate of drug-likeness (QED) is 0.598. The molecule has 0 bridgehead atoms. The molecule has 1 amide bonds. The predicted octanol–water partition coefficient (Wildman–Crippen LogP) is 2.33. The number of sulfone groups is 1. The van der Waals surface area contributed by atoms with Crippen molar-refractivity contribution in [2.24, 2.45) is 0 Å². The number of amides is 1. The van der Waals surface area contributed by atoms with Crippen LogP contribution in [0.1, 0.15) is 23.0 Å². The molecule has 0 radical (unpaired) electrons. The lowest BCUT2D eigenvalue weighted by Gasteiger charge is -2.35. The zero-order chi connectivity index (χ0) is 21.4. The lowest BCUT2D eigenvalue weighted by atomic mass is 10.2. The van der Waals surface area contributed by atoms with Crippen LogP contribution >= 0.6 is 11.3 Å². The molecule has 1 atom stereocenters. The Bertz CT molecular complexity index is 1170. The van der Waals surface area contributed by atoms with Crippen molar-refractivity contribution in [2.75, 3.05) is 42.6 Å². The molecular formula is C21H23N5O3S2. The number of carbonyl (C=O) groups excluding carboxylic acids is 1. The van der Waals surface area contributed by atoms with Crippen LogP contribution in [0.2, 0.25) is 0 Å². The minimum Gasteiger partial charge on any atom is -0.353 e. The second-order valence-electron chi connectivity index (χ2n) is 7.86. The summed E-state index contributed by atoms with van der Waals surface area (Å²) in [5.74, 6) is 1.04. The standard InChI is InChI=1S/C21H23N5O3S2/c27-21(25-10-8-24(9-11-25)20-5-1-2-7-22-20)17-14-18(19-4-3-12-30-19)26(23-17)16-6-13-31(28,29)15-16/h1-5,7,12,14,16H,6,8-11,13,15H2/t16-/m1/s1. The van der Waals surface area contributed by atoms with Gasteiger partial charge in [-0.25, -0.2) is 13.4 Å². The van der Waals surface area contributed by atoms with Crippen molar-refractivity contribution >= 4 is 32.9 Å². The van der Waals surface area contributed by atoms with Crippen LogP contribution in [0.5, 0.6) is 0 Å². The van der Waals surface area contributed by atoms with E-state index in [0.29, 0.717) is 38.3 Å². The van der Waals surface area contributed by atoms with E-state index in [1.165, 1.54) is 0 Å². The summed E-state index contributed by atoms with van der Waals surface area (Å²) in [7, 11) is -3.06. The van der Waals surface area contributed by atoms with Gasteiger partial charge >= 0.3 is 0 Å². The number of rotatable bonds is 4. The van der Waals surface area contributed by atoms with Crippen LogP contribution < -0.4 is 4.90 Å². The Labute approximate surface area is 185 Å². The Morgan fingerprint density at radius 2 is 1.94 bits per heavy atom. The van der Waals surface area contributed by atoms with Crippen molar-refractivity contribution in [3.63, 3.8) is 0 Å². The van der Waals surface area contributed by atoms with Crippen molar-refractivity contribution in [1.29, 1.82) is 0 Å². The van der Waals surface area contributed by atoms with Crippen LogP contribution in [0.15, 0.2) is 48.0 Å². The van der Waals surface area contributed by atoms with Gasteiger partial charge in [-0.1, -0.05) is 12.1 Å². The van der Waals surface area contributed by atoms with E-state index in [0.717, 1.165) is 16.4 Å². The molecule has 2 saturated heterocycles. The molecule has 162 valence electrons. The maximum atomic E-state index is 13.2. The van der Waals surface area contributed by atoms with E-state index < -0.39 is 9.84 Å². The molecular weight excluding hydrogens is 434 g/mol. The molecule has 2 fully saturated rings. The van der Waals surface area contributed by atoms with Gasteiger partial charge in [-0.2, -0.15) is 5.10 Å². The van der Waals surface area contributed by atoms with Gasteiger partial charge in [0.15, 0.2) is 15.5 Å². The molecule has 0 unspecified atom stereocenters. The number of anilines is 1. The van der Waals surface area contributed by atoms with Crippen molar-refractivity contribution < 1.29 is 13.2 Å². The van der Waals surface area contributed by atoms with Gasteiger partial charge in [0.25, 0.3) is 5.91 Å². The fourth-order valence-corrected chi connectivity index (χ4v) is 6.62. The van der Waals surface area contributed by atoms with Gasteiger partial charge in [-0.3, -0.25) is 9.48 Å². The van der Waals surface area contributed by atoms with E-state index in [1.54, 1.807) is 22.2 Å². The van der Waals surface area contributed by atoms with Crippen LogP contribution in [0.25, 0.3) is 10.6 Å². The number of carbonyl (C=O) groups is 1. The molecule has 3 aromatic rings. The smallest absolute Gasteiger partial charge is 0.274 e. The number of hydrogen-bond acceptors (Lipinski definition) is 7. The Hall–Kier alpha value is -2.72. The summed E-state index contributed by atoms with van der Waals surface area (Å²) in [6.45, 7) is 2.60. The van der Waals surface area contributed by atoms with Gasteiger partial charge < -0.3 is 9.80 Å². The van der Waals surface area contributed by atoms with E-state index in [9.17, 15) is 13.2 Å². The molecule has 0 saturated carbocycles. The zero-order valence-corrected chi connectivity index (χ0v) is 18.6. The summed E-state index contributed by atoms with van der Waals surface area (Å²) >= 11 is 1.56. The molecule has 2 aliphatic heterocycles. The van der Waals surface area contributed by atoms with Crippen molar-refractivity contribution in [1.82, 2.24) is 19.7 Å². The molecule has 10 heteroatoms. The van der Waals surface area contributed by atoms with Crippen molar-refractivity contribution in [3.05, 3.63) is 53.7 Å². The predicted molar refractivity (Wildman–Crippen MR) is 120 cm³/mol. The topological polar surface area (TPSA) is 88.4 Å². The maximum Gasteiger partial charge on any atom is 0.274 e. The third-order valence-corrected chi connectivity index (χ3v) is 8.47. The lowest BCUT2D eigenvalue weighted by molar-refractivity contribution is 0.0739. The van der Waals surface area contributed by atoms with Crippen LogP contribution in [0.4, 0.5) is 5.82 Å². The highest BCUT2D eigenvalue weighted by molar-refractivity contribution is 7.91. The summed E-state index contributed by atoms with van der Waals surface area (Å²) < 4.78 is 25.8. The highest BCUT2D eigenvalue weighted by Gasteiger charge is 2.33. The molecule has 2 aliphatic rings. The Morgan fingerprint density at radius 3 is 2.58 bits per heavy atom. The van der Waals surface area contributed by atoms with Crippen molar-refractivity contribution in [2.45, 2.75) is 12.5 Å². The fraction of sp³-hybridized carbons (Fsp3) is 0.381. The maximum absolute atomic E-state index is 13.2. The minimum absolute atomic E-state index is 0.0729. The average molecular weight is 458 g/mol. The number of aromatic nitrogens is 3. The van der Waals surface area contributed by atoms with E-state index in [-0.39, 0.29) is 23.5 Å². The van der Waals surface area contributed by atoms with E-state index in [4.69, 9.17) is 0 Å². The monoisotopic (exact) mass is 457 g/mol. The number of nitrogens with zero attached hydrogens (tertiary/aromatic N) is 5. The molecule has 0 spiro atoms. The van der Waals surface area contributed by atoms with Gasteiger partial charge in [0.1, 0.15) is 5.82 Å². The molecule has 8 nitrogen and oxygen atoms in total. The fourth-order valence-electron chi connectivity index (χ4n) is 4.20. The first-order valence-electron chi connectivity index (χ1n) is 10.3. The molecule has 0 aliphatic carbocycles. The Balaban J connectivity index is 1.37. The highest BCUT2D eigenvalue weighted by Crippen LogP contribution is 2.32. The Morgan fingerprint density at radius 1 is 1.10 bits per heavy atom. The van der Waals surface area contributed by atoms with E-state index >= 15 is 0 Å². The van der Waals surface area contributed by atoms with Gasteiger partial charge in [-0.05, 0) is 36.1 Å². The van der Waals surface area contributed by atoms with E-state index in [2.05, 4.69) is 15.0 Å². The third-order valence-electron chi connectivity index (χ3n) is 5.82. The highest BCUT2D eigenvalue weighted by atomic mass is 32.2. The zero-order valence-electron chi connectivity index (χ0n) is 16.9. The van der Waals surface area contributed by atoms with Crippen molar-refractivity contribution in [3.8, 4) is 10.6 Å². The number of hydrogen-bond donors (Lipinski definition) is 0. The molecule has 0 N–H and O–H groups in total. The molecule has 3 aromatic heterocycles. The first-order chi connectivity index (χ1) is 15.0. The third kappa shape index (κ3) is 4.09. The van der Waals surface area contributed by atoms with Gasteiger partial charge in [0.2, 0.25) is 0 Å². The SMILES string of the molecule is O=C(c1cc(-c2cccs2)n([C@@H]2CCS(=O)(=O)C2)n1)N1CCN(c2ccccn2)CC1. The summed E-state index contributed by atoms with van der Waals surface area (Å²) in [6.07, 6.45) is 2.30. The van der Waals surface area contributed by atoms with Gasteiger partial charge in [-0.15, -0.1) is 11.3 Å². The van der Waals surface area contributed by atoms with E-state index in [1.807, 2.05) is 46.7 Å². The van der Waals surface area contributed by atoms with Crippen LogP contribution in [0.3, 0.4) is 0 Å². The molecule has 5 rings (SSSR count). The number of piperazine rings is 1. The van der Waals surface area contributed by atoms with Crippen LogP contribution in [-0.2, 0) is 9.84 Å². The summed E-state index contributed by atoms with van der Waals surface area (Å²) in [5.41, 5.74) is 1.19. The average Bonchev–Trinajstić information content (AvgIpc) is 3.53. The van der Waals surface area contributed by atoms with Gasteiger partial charge in [0, 0.05) is 32.4 Å². The lowest BCUT2D eigenvalue weighted by Crippen LogP contribution is -2.49. The van der Waals surface area contributed by atoms with Gasteiger partial charge in [0.05, 0.1) is 28.1 Å². The summed E-state index contributed by atoms with van der Waals surface area (Å²) in [4.78, 5) is 22.6. The molecule has 31 heavy (non-hydrogen) atoms. The first kappa shape index (κ1) is 20.2. The van der Waals surface area contributed by atoms with Crippen LogP contribution in [0, 0.1) is 0 Å². The summed E-state index contributed by atoms with van der Waals surface area (Å²) in [6, 6.07) is 11.3. The minimum atomic E-state index is -3.06. The first-order valence-corrected chi connectivity index (χ1v) is 13.0. The Kier molecular flexibility index (Phi) is 5.27. The molecule has 0 aromatic carbocycles. The van der Waals surface area contributed by atoms with Crippen LogP contribution in [-0.4, -0.2) is 71.7 Å². The largest absolute Gasteiger partial charge is 0.353 e. The number of pyridine rings is 1. The summed E-state index contributed by atoms with van der Waals surface area (Å²) in [5, 5.41) is 6.58. The number of thiophene rings is 1. The normalized spacial score (nSPS) is 20.8. The molecule has 5 heterocycles. The second-order valence-corrected chi connectivity index (χ2v) is 11.0.